The summed E-state index contributed by atoms with van der Waals surface area (Å²) in [5.41, 5.74) is 2.43. The molecule has 0 spiro atoms. The number of hydrogen-bond acceptors (Lipinski definition) is 4. The Morgan fingerprint density at radius 1 is 1.12 bits per heavy atom. The van der Waals surface area contributed by atoms with Crippen LogP contribution in [0.4, 0.5) is 5.69 Å². The molecule has 2 aromatic rings. The summed E-state index contributed by atoms with van der Waals surface area (Å²) in [5, 5.41) is 6.21. The van der Waals surface area contributed by atoms with Crippen molar-refractivity contribution in [1.82, 2.24) is 10.3 Å². The van der Waals surface area contributed by atoms with Gasteiger partial charge in [-0.05, 0) is 57.0 Å². The first-order valence-electron chi connectivity index (χ1n) is 8.03. The van der Waals surface area contributed by atoms with Gasteiger partial charge in [-0.15, -0.1) is 0 Å². The molecule has 0 unspecified atom stereocenters. The lowest BCUT2D eigenvalue weighted by molar-refractivity contribution is 0.0949. The van der Waals surface area contributed by atoms with Gasteiger partial charge >= 0.3 is 0 Å². The second kappa shape index (κ2) is 7.81. The molecule has 2 rings (SSSR count). The first-order valence-corrected chi connectivity index (χ1v) is 8.03. The van der Waals surface area contributed by atoms with E-state index in [4.69, 9.17) is 4.74 Å². The number of carbonyl (C=O) groups excluding carboxylic acids is 1. The van der Waals surface area contributed by atoms with E-state index >= 15 is 0 Å². The van der Waals surface area contributed by atoms with E-state index in [1.807, 2.05) is 30.3 Å². The minimum atomic E-state index is -0.161. The summed E-state index contributed by atoms with van der Waals surface area (Å²) in [6, 6.07) is 11.4. The molecule has 0 saturated heterocycles. The van der Waals surface area contributed by atoms with Gasteiger partial charge in [0, 0.05) is 12.1 Å². The van der Waals surface area contributed by atoms with Crippen LogP contribution >= 0.6 is 0 Å². The molecule has 24 heavy (non-hydrogen) atoms. The van der Waals surface area contributed by atoms with Crippen LogP contribution < -0.4 is 15.4 Å². The highest BCUT2D eigenvalue weighted by Crippen LogP contribution is 2.14. The van der Waals surface area contributed by atoms with Gasteiger partial charge in [-0.2, -0.15) is 0 Å². The molecule has 0 aliphatic rings. The predicted molar refractivity (Wildman–Crippen MR) is 96.6 cm³/mol. The highest BCUT2D eigenvalue weighted by molar-refractivity contribution is 5.92. The van der Waals surface area contributed by atoms with Gasteiger partial charge in [0.2, 0.25) is 0 Å². The standard InChI is InChI=1S/C19H25N3O2/c1-19(2,3)22-15-7-10-17(21-13-15)18(23)20-12-11-14-5-8-16(24-4)9-6-14/h5-10,13,22H,11-12H2,1-4H3,(H,20,23). The van der Waals surface area contributed by atoms with Gasteiger partial charge in [-0.25, -0.2) is 4.98 Å². The summed E-state index contributed by atoms with van der Waals surface area (Å²) in [4.78, 5) is 16.3. The quantitative estimate of drug-likeness (QED) is 0.855. The highest BCUT2D eigenvalue weighted by atomic mass is 16.5. The van der Waals surface area contributed by atoms with E-state index in [1.165, 1.54) is 0 Å². The molecule has 1 amide bonds. The molecule has 1 aromatic carbocycles. The van der Waals surface area contributed by atoms with Crippen LogP contribution in [0, 0.1) is 0 Å². The second-order valence-electron chi connectivity index (χ2n) is 6.66. The minimum absolute atomic E-state index is 0.0379. The van der Waals surface area contributed by atoms with E-state index in [9.17, 15) is 4.79 Å². The number of methoxy groups -OCH3 is 1. The number of hydrogen-bond donors (Lipinski definition) is 2. The Labute approximate surface area is 143 Å². The largest absolute Gasteiger partial charge is 0.497 e. The summed E-state index contributed by atoms with van der Waals surface area (Å²) >= 11 is 0. The third-order valence-corrected chi connectivity index (χ3v) is 3.37. The molecule has 1 heterocycles. The number of rotatable bonds is 6. The van der Waals surface area contributed by atoms with Crippen molar-refractivity contribution in [1.29, 1.82) is 0 Å². The maximum Gasteiger partial charge on any atom is 0.269 e. The zero-order valence-electron chi connectivity index (χ0n) is 14.7. The van der Waals surface area contributed by atoms with Crippen molar-refractivity contribution >= 4 is 11.6 Å². The Hall–Kier alpha value is -2.56. The number of amides is 1. The second-order valence-corrected chi connectivity index (χ2v) is 6.66. The van der Waals surface area contributed by atoms with Gasteiger partial charge in [0.05, 0.1) is 19.0 Å². The molecule has 0 radical (unpaired) electrons. The van der Waals surface area contributed by atoms with Gasteiger partial charge in [0.1, 0.15) is 11.4 Å². The average molecular weight is 327 g/mol. The van der Waals surface area contributed by atoms with Crippen LogP contribution in [-0.4, -0.2) is 30.1 Å². The number of carbonyl (C=O) groups is 1. The Morgan fingerprint density at radius 3 is 2.38 bits per heavy atom. The monoisotopic (exact) mass is 327 g/mol. The van der Waals surface area contributed by atoms with E-state index < -0.39 is 0 Å². The van der Waals surface area contributed by atoms with E-state index in [2.05, 4.69) is 36.4 Å². The third-order valence-electron chi connectivity index (χ3n) is 3.37. The summed E-state index contributed by atoms with van der Waals surface area (Å²) in [5.74, 6) is 0.668. The average Bonchev–Trinajstić information content (AvgIpc) is 2.54. The van der Waals surface area contributed by atoms with Gasteiger partial charge in [-0.1, -0.05) is 12.1 Å². The van der Waals surface area contributed by atoms with E-state index in [-0.39, 0.29) is 11.4 Å². The molecule has 1 aromatic heterocycles. The molecule has 5 nitrogen and oxygen atoms in total. The Bertz CT molecular complexity index is 659. The van der Waals surface area contributed by atoms with Crippen molar-refractivity contribution in [2.75, 3.05) is 19.0 Å². The van der Waals surface area contributed by atoms with Crippen molar-refractivity contribution in [2.24, 2.45) is 0 Å². The van der Waals surface area contributed by atoms with Crippen LogP contribution in [0.2, 0.25) is 0 Å². The first-order chi connectivity index (χ1) is 11.4. The highest BCUT2D eigenvalue weighted by Gasteiger charge is 2.11. The third kappa shape index (κ3) is 5.57. The lowest BCUT2D eigenvalue weighted by atomic mass is 10.1. The minimum Gasteiger partial charge on any atom is -0.497 e. The number of ether oxygens (including phenoxy) is 1. The van der Waals surface area contributed by atoms with E-state index in [0.717, 1.165) is 23.4 Å². The Kier molecular flexibility index (Phi) is 5.79. The number of benzene rings is 1. The molecule has 5 heteroatoms. The van der Waals surface area contributed by atoms with E-state index in [0.29, 0.717) is 12.2 Å². The Balaban J connectivity index is 1.83. The van der Waals surface area contributed by atoms with Crippen LogP contribution in [0.3, 0.4) is 0 Å². The molecular weight excluding hydrogens is 302 g/mol. The summed E-state index contributed by atoms with van der Waals surface area (Å²) in [7, 11) is 1.64. The van der Waals surface area contributed by atoms with Gasteiger partial charge in [0.25, 0.3) is 5.91 Å². The fourth-order valence-corrected chi connectivity index (χ4v) is 2.24. The number of anilines is 1. The molecular formula is C19H25N3O2. The van der Waals surface area contributed by atoms with Crippen molar-refractivity contribution in [3.05, 3.63) is 53.9 Å². The van der Waals surface area contributed by atoms with Crippen molar-refractivity contribution in [3.63, 3.8) is 0 Å². The molecule has 0 aliphatic heterocycles. The summed E-state index contributed by atoms with van der Waals surface area (Å²) in [6.07, 6.45) is 2.45. The molecule has 2 N–H and O–H groups in total. The van der Waals surface area contributed by atoms with Gasteiger partial charge in [-0.3, -0.25) is 4.79 Å². The van der Waals surface area contributed by atoms with Gasteiger partial charge in [0.15, 0.2) is 0 Å². The molecule has 0 saturated carbocycles. The van der Waals surface area contributed by atoms with Crippen LogP contribution in [0.15, 0.2) is 42.6 Å². The SMILES string of the molecule is COc1ccc(CCNC(=O)c2ccc(NC(C)(C)C)cn2)cc1. The lowest BCUT2D eigenvalue weighted by Crippen LogP contribution is -2.27. The zero-order chi connectivity index (χ0) is 17.6. The van der Waals surface area contributed by atoms with Crippen molar-refractivity contribution in [3.8, 4) is 5.75 Å². The zero-order valence-corrected chi connectivity index (χ0v) is 14.7. The molecule has 0 bridgehead atoms. The topological polar surface area (TPSA) is 63.2 Å². The van der Waals surface area contributed by atoms with Crippen LogP contribution in [0.25, 0.3) is 0 Å². The van der Waals surface area contributed by atoms with Crippen LogP contribution in [-0.2, 0) is 6.42 Å². The molecule has 0 atom stereocenters. The van der Waals surface area contributed by atoms with Crippen molar-refractivity contribution < 1.29 is 9.53 Å². The molecule has 128 valence electrons. The van der Waals surface area contributed by atoms with E-state index in [1.54, 1.807) is 19.4 Å². The number of pyridine rings is 1. The molecule has 0 fully saturated rings. The predicted octanol–water partition coefficient (Wildman–Crippen LogP) is 3.27. The fourth-order valence-electron chi connectivity index (χ4n) is 2.24. The fraction of sp³-hybridized carbons (Fsp3) is 0.368. The molecule has 0 aliphatic carbocycles. The summed E-state index contributed by atoms with van der Waals surface area (Å²) < 4.78 is 5.13. The van der Waals surface area contributed by atoms with Gasteiger partial charge < -0.3 is 15.4 Å². The summed E-state index contributed by atoms with van der Waals surface area (Å²) in [6.45, 7) is 6.79. The number of nitrogens with zero attached hydrogens (tertiary/aromatic N) is 1. The normalized spacial score (nSPS) is 11.0. The van der Waals surface area contributed by atoms with Crippen molar-refractivity contribution in [2.45, 2.75) is 32.7 Å². The van der Waals surface area contributed by atoms with Crippen LogP contribution in [0.5, 0.6) is 5.75 Å². The smallest absolute Gasteiger partial charge is 0.269 e. The number of aromatic nitrogens is 1. The van der Waals surface area contributed by atoms with Crippen LogP contribution in [0.1, 0.15) is 36.8 Å². The Morgan fingerprint density at radius 2 is 1.83 bits per heavy atom. The first kappa shape index (κ1) is 17.8. The lowest BCUT2D eigenvalue weighted by Gasteiger charge is -2.21. The number of nitrogens with one attached hydrogen (secondary N) is 2. The maximum absolute atomic E-state index is 12.1. The maximum atomic E-state index is 12.1.